The van der Waals surface area contributed by atoms with E-state index in [0.717, 1.165) is 31.7 Å². The number of hydrogen-bond acceptors (Lipinski definition) is 6. The molecule has 1 aromatic carbocycles. The van der Waals surface area contributed by atoms with Crippen molar-refractivity contribution in [1.29, 1.82) is 0 Å². The molecular weight excluding hydrogens is 603 g/mol. The third-order valence-corrected chi connectivity index (χ3v) is 9.11. The van der Waals surface area contributed by atoms with Gasteiger partial charge in [0.1, 0.15) is 11.5 Å². The van der Waals surface area contributed by atoms with Crippen LogP contribution in [0.3, 0.4) is 0 Å². The number of nitrogens with zero attached hydrogens (tertiary/aromatic N) is 5. The number of halogens is 5. The van der Waals surface area contributed by atoms with Crippen molar-refractivity contribution in [3.05, 3.63) is 59.1 Å². The van der Waals surface area contributed by atoms with Gasteiger partial charge in [-0.05, 0) is 44.4 Å². The van der Waals surface area contributed by atoms with Gasteiger partial charge in [-0.1, -0.05) is 25.0 Å². The van der Waals surface area contributed by atoms with Crippen molar-refractivity contribution in [2.75, 3.05) is 31.6 Å². The lowest BCUT2D eigenvalue weighted by Gasteiger charge is -2.33. The van der Waals surface area contributed by atoms with Crippen molar-refractivity contribution < 1.29 is 31.5 Å². The number of carbonyl (C=O) groups is 2. The van der Waals surface area contributed by atoms with Crippen LogP contribution in [0.4, 0.5) is 27.1 Å². The summed E-state index contributed by atoms with van der Waals surface area (Å²) < 4.78 is 71.3. The largest absolute Gasteiger partial charge is 0.418 e. The molecule has 0 unspecified atom stereocenters. The fraction of sp³-hybridized carbons (Fsp3) is 0.533. The molecule has 2 aromatic heterocycles. The molecule has 8 nitrogen and oxygen atoms in total. The first kappa shape index (κ1) is 32.0. The van der Waals surface area contributed by atoms with Gasteiger partial charge >= 0.3 is 6.18 Å². The van der Waals surface area contributed by atoms with Crippen LogP contribution in [0.1, 0.15) is 79.2 Å². The van der Waals surface area contributed by atoms with Crippen LogP contribution in [0.15, 0.2) is 42.0 Å². The lowest BCUT2D eigenvalue weighted by molar-refractivity contribution is -0.137. The summed E-state index contributed by atoms with van der Waals surface area (Å²) in [4.78, 5) is 38.4. The lowest BCUT2D eigenvalue weighted by Crippen LogP contribution is -2.46. The second-order valence-corrected chi connectivity index (χ2v) is 12.4. The molecule has 1 N–H and O–H groups in total. The highest BCUT2D eigenvalue weighted by molar-refractivity contribution is 7.13. The highest BCUT2D eigenvalue weighted by Crippen LogP contribution is 2.38. The number of nitrogens with one attached hydrogen (secondary N) is 1. The van der Waals surface area contributed by atoms with Crippen LogP contribution >= 0.6 is 11.3 Å². The van der Waals surface area contributed by atoms with Gasteiger partial charge in [0.2, 0.25) is 5.91 Å². The zero-order valence-corrected chi connectivity index (χ0v) is 25.1. The summed E-state index contributed by atoms with van der Waals surface area (Å²) >= 11 is 1.27. The minimum Gasteiger partial charge on any atom is -0.347 e. The summed E-state index contributed by atoms with van der Waals surface area (Å²) in [5, 5.41) is 5.03. The molecule has 3 heterocycles. The number of amides is 2. The Morgan fingerprint density at radius 2 is 1.93 bits per heavy atom. The molecule has 2 fully saturated rings. The fourth-order valence-electron chi connectivity index (χ4n) is 5.99. The molecule has 3 aromatic rings. The molecule has 2 aliphatic rings. The van der Waals surface area contributed by atoms with Crippen molar-refractivity contribution in [2.24, 2.45) is 0 Å². The quantitative estimate of drug-likeness (QED) is 0.265. The maximum absolute atomic E-state index is 14.0. The van der Waals surface area contributed by atoms with E-state index in [0.29, 0.717) is 23.9 Å². The summed E-state index contributed by atoms with van der Waals surface area (Å²) in [5.74, 6) is -3.50. The van der Waals surface area contributed by atoms with Crippen molar-refractivity contribution in [1.82, 2.24) is 24.8 Å². The number of aromatic nitrogens is 3. The fourth-order valence-corrected chi connectivity index (χ4v) is 6.61. The van der Waals surface area contributed by atoms with Crippen LogP contribution in [0, 0.1) is 0 Å². The third-order valence-electron chi connectivity index (χ3n) is 8.26. The Morgan fingerprint density at radius 1 is 1.18 bits per heavy atom. The van der Waals surface area contributed by atoms with Crippen LogP contribution < -0.4 is 10.2 Å². The van der Waals surface area contributed by atoms with E-state index in [1.807, 2.05) is 0 Å². The molecule has 1 aliphatic heterocycles. The van der Waals surface area contributed by atoms with Crippen LogP contribution in [0.5, 0.6) is 0 Å². The van der Waals surface area contributed by atoms with Gasteiger partial charge in [-0.15, -0.1) is 11.3 Å². The number of anilines is 1. The minimum atomic E-state index is -4.61. The summed E-state index contributed by atoms with van der Waals surface area (Å²) in [6.45, 7) is 0.320. The minimum absolute atomic E-state index is 0.0703. The Bertz CT molecular complexity index is 1440. The molecule has 5 rings (SSSR count). The number of likely N-dealkylation sites (tertiary alicyclic amines) is 1. The number of para-hydroxylation sites is 1. The Balaban J connectivity index is 1.40. The van der Waals surface area contributed by atoms with E-state index >= 15 is 0 Å². The second kappa shape index (κ2) is 13.3. The molecule has 0 bridgehead atoms. The number of carbonyl (C=O) groups excluding carboxylic acids is 2. The highest BCUT2D eigenvalue weighted by Gasteiger charge is 2.37. The molecular formula is C30H35F5N6O2S. The van der Waals surface area contributed by atoms with Crippen LogP contribution in [0.2, 0.25) is 0 Å². The standard InChI is InChI=1S/C30H35F5N6O2S/c1-39(28-36-13-16-44-28)25(42)17-21(11-15-40-14-6-12-29(31,32)19-40)37-27(43)23-18-41(26(38-23)20-7-2-3-8-20)24-10-5-4-9-22(24)30(33,34)35/h4-5,9-10,13,16,18,20-21H,2-3,6-8,11-12,14-15,17,19H2,1H3,(H,37,43)/t21-/m0/s1. The molecule has 238 valence electrons. The van der Waals surface area contributed by atoms with Crippen molar-refractivity contribution in [3.8, 4) is 5.69 Å². The third kappa shape index (κ3) is 7.63. The van der Waals surface area contributed by atoms with Crippen molar-refractivity contribution >= 4 is 28.3 Å². The van der Waals surface area contributed by atoms with Crippen molar-refractivity contribution in [2.45, 2.75) is 75.4 Å². The average Bonchev–Trinajstić information content (AvgIpc) is 3.76. The van der Waals surface area contributed by atoms with E-state index < -0.39 is 36.2 Å². The van der Waals surface area contributed by atoms with Gasteiger partial charge in [-0.2, -0.15) is 13.2 Å². The Labute approximate surface area is 256 Å². The van der Waals surface area contributed by atoms with E-state index in [1.165, 1.54) is 45.2 Å². The van der Waals surface area contributed by atoms with Gasteiger partial charge in [0.25, 0.3) is 11.8 Å². The predicted octanol–water partition coefficient (Wildman–Crippen LogP) is 6.28. The molecule has 0 spiro atoms. The molecule has 1 atom stereocenters. The van der Waals surface area contributed by atoms with Crippen LogP contribution in [0.25, 0.3) is 5.69 Å². The molecule has 2 amide bonds. The number of alkyl halides is 5. The van der Waals surface area contributed by atoms with E-state index in [4.69, 9.17) is 0 Å². The SMILES string of the molecule is CN(C(=O)C[C@H](CCN1CCCC(F)(F)C1)NC(=O)c1cn(-c2ccccc2C(F)(F)F)c(C2CCCC2)n1)c1nccs1. The maximum atomic E-state index is 14.0. The normalized spacial score (nSPS) is 18.3. The summed E-state index contributed by atoms with van der Waals surface area (Å²) in [5.41, 5.74) is -1.02. The van der Waals surface area contributed by atoms with Gasteiger partial charge in [0, 0.05) is 56.2 Å². The zero-order valence-electron chi connectivity index (χ0n) is 24.3. The first-order chi connectivity index (χ1) is 20.9. The molecule has 14 heteroatoms. The number of hydrogen-bond donors (Lipinski definition) is 1. The van der Waals surface area contributed by atoms with E-state index in [-0.39, 0.29) is 49.0 Å². The molecule has 1 saturated carbocycles. The van der Waals surface area contributed by atoms with Gasteiger partial charge in [-0.3, -0.25) is 19.4 Å². The number of rotatable bonds is 10. The van der Waals surface area contributed by atoms with E-state index in [2.05, 4.69) is 15.3 Å². The average molecular weight is 639 g/mol. The van der Waals surface area contributed by atoms with E-state index in [9.17, 15) is 31.5 Å². The van der Waals surface area contributed by atoms with Crippen LogP contribution in [-0.4, -0.2) is 69.9 Å². The van der Waals surface area contributed by atoms with Crippen LogP contribution in [-0.2, 0) is 11.0 Å². The zero-order chi connectivity index (χ0) is 31.5. The van der Waals surface area contributed by atoms with Crippen molar-refractivity contribution in [3.63, 3.8) is 0 Å². The Morgan fingerprint density at radius 3 is 2.61 bits per heavy atom. The number of piperidine rings is 1. The van der Waals surface area contributed by atoms with Gasteiger partial charge < -0.3 is 9.88 Å². The topological polar surface area (TPSA) is 83.4 Å². The molecule has 1 saturated heterocycles. The first-order valence-corrected chi connectivity index (χ1v) is 15.6. The Hall–Kier alpha value is -3.39. The van der Waals surface area contributed by atoms with Gasteiger partial charge in [-0.25, -0.2) is 18.7 Å². The molecule has 1 aliphatic carbocycles. The summed E-state index contributed by atoms with van der Waals surface area (Å²) in [7, 11) is 1.57. The highest BCUT2D eigenvalue weighted by atomic mass is 32.1. The maximum Gasteiger partial charge on any atom is 0.418 e. The number of benzene rings is 1. The first-order valence-electron chi connectivity index (χ1n) is 14.7. The molecule has 44 heavy (non-hydrogen) atoms. The number of thiazole rings is 1. The van der Waals surface area contributed by atoms with Gasteiger partial charge in [0.15, 0.2) is 5.13 Å². The summed E-state index contributed by atoms with van der Waals surface area (Å²) in [6.07, 6.45) is 1.83. The van der Waals surface area contributed by atoms with E-state index in [1.54, 1.807) is 23.5 Å². The summed E-state index contributed by atoms with van der Waals surface area (Å²) in [6, 6.07) is 4.44. The Kier molecular flexibility index (Phi) is 9.68. The smallest absolute Gasteiger partial charge is 0.347 e. The number of imidazole rings is 1. The van der Waals surface area contributed by atoms with Gasteiger partial charge in [0.05, 0.1) is 17.8 Å². The monoisotopic (exact) mass is 638 g/mol. The lowest BCUT2D eigenvalue weighted by atomic mass is 10.0. The second-order valence-electron chi connectivity index (χ2n) is 11.5. The predicted molar refractivity (Wildman–Crippen MR) is 156 cm³/mol. The molecule has 0 radical (unpaired) electrons.